The fourth-order valence-corrected chi connectivity index (χ4v) is 4.96. The summed E-state index contributed by atoms with van der Waals surface area (Å²) >= 11 is 0. The number of benzene rings is 6. The zero-order chi connectivity index (χ0) is 26.2. The molecule has 0 radical (unpaired) electrons. The fraction of sp³-hybridized carbons (Fsp3) is 0.111. The maximum Gasteiger partial charge on any atom is 0.0361 e. The van der Waals surface area contributed by atoms with E-state index in [2.05, 4.69) is 131 Å². The van der Waals surface area contributed by atoms with Gasteiger partial charge in [-0.2, -0.15) is 0 Å². The zero-order valence-electron chi connectivity index (χ0n) is 22.1. The van der Waals surface area contributed by atoms with Gasteiger partial charge in [0, 0.05) is 61.8 Å². The number of hydrogen-bond donors (Lipinski definition) is 0. The third kappa shape index (κ3) is 4.50. The van der Waals surface area contributed by atoms with Gasteiger partial charge in [-0.15, -0.1) is 0 Å². The molecule has 0 unspecified atom stereocenters. The Kier molecular flexibility index (Phi) is 5.88. The minimum Gasteiger partial charge on any atom is -0.378 e. The summed E-state index contributed by atoms with van der Waals surface area (Å²) in [5, 5.41) is 7.44. The monoisotopic (exact) mass is 488 g/mol. The third-order valence-electron chi connectivity index (χ3n) is 7.00. The van der Waals surface area contributed by atoms with Gasteiger partial charge in [-0.1, -0.05) is 47.9 Å². The van der Waals surface area contributed by atoms with Crippen LogP contribution in [0.15, 0.2) is 97.1 Å². The second-order valence-electron chi connectivity index (χ2n) is 10.1. The fourth-order valence-electron chi connectivity index (χ4n) is 4.96. The van der Waals surface area contributed by atoms with Crippen molar-refractivity contribution >= 4 is 43.7 Å². The van der Waals surface area contributed by atoms with Crippen LogP contribution in [0.5, 0.6) is 0 Å². The largest absolute Gasteiger partial charge is 0.378 e. The highest BCUT2D eigenvalue weighted by Gasteiger charge is 2.10. The normalized spacial score (nSPS) is 10.7. The standard InChI is InChI=1S/C36H28N2/c1-37(2)33-17-9-25(10-18-33)5-7-27-21-29-13-15-31-23-28(8-6-26-11-19-34(20-12-26)38(3)4)24-32-16-14-30(22-27)35(29)36(31)32/h9-24H,1-4H3. The molecule has 38 heavy (non-hydrogen) atoms. The van der Waals surface area contributed by atoms with Gasteiger partial charge in [-0.05, 0) is 105 Å². The number of rotatable bonds is 2. The van der Waals surface area contributed by atoms with Crippen LogP contribution in [0, 0.1) is 23.7 Å². The lowest BCUT2D eigenvalue weighted by molar-refractivity contribution is 1.13. The van der Waals surface area contributed by atoms with Crippen LogP contribution in [-0.2, 0) is 0 Å². The van der Waals surface area contributed by atoms with Gasteiger partial charge in [-0.25, -0.2) is 0 Å². The molecule has 0 saturated heterocycles. The Labute approximate surface area is 224 Å². The minimum atomic E-state index is 1.02. The maximum atomic E-state index is 3.38. The van der Waals surface area contributed by atoms with Crippen molar-refractivity contribution < 1.29 is 0 Å². The van der Waals surface area contributed by atoms with E-state index in [1.54, 1.807) is 0 Å². The molecule has 6 aromatic rings. The lowest BCUT2D eigenvalue weighted by atomic mass is 9.91. The van der Waals surface area contributed by atoms with Crippen molar-refractivity contribution in [2.45, 2.75) is 0 Å². The average molecular weight is 489 g/mol. The summed E-state index contributed by atoms with van der Waals surface area (Å²) in [5.74, 6) is 13.4. The first-order chi connectivity index (χ1) is 18.4. The molecule has 0 aliphatic carbocycles. The predicted octanol–water partition coefficient (Wildman–Crippen LogP) is 7.52. The van der Waals surface area contributed by atoms with Gasteiger partial charge in [0.1, 0.15) is 0 Å². The molecule has 2 heteroatoms. The topological polar surface area (TPSA) is 6.48 Å². The highest BCUT2D eigenvalue weighted by atomic mass is 15.1. The van der Waals surface area contributed by atoms with Crippen molar-refractivity contribution in [1.29, 1.82) is 0 Å². The predicted molar refractivity (Wildman–Crippen MR) is 164 cm³/mol. The Morgan fingerprint density at radius 2 is 0.658 bits per heavy atom. The van der Waals surface area contributed by atoms with E-state index in [4.69, 9.17) is 0 Å². The lowest BCUT2D eigenvalue weighted by Crippen LogP contribution is -2.07. The van der Waals surface area contributed by atoms with E-state index >= 15 is 0 Å². The van der Waals surface area contributed by atoms with E-state index in [9.17, 15) is 0 Å². The van der Waals surface area contributed by atoms with Crippen LogP contribution in [0.2, 0.25) is 0 Å². The summed E-state index contributed by atoms with van der Waals surface area (Å²) < 4.78 is 0. The van der Waals surface area contributed by atoms with Gasteiger partial charge in [0.2, 0.25) is 0 Å². The van der Waals surface area contributed by atoms with Gasteiger partial charge in [0.15, 0.2) is 0 Å². The summed E-state index contributed by atoms with van der Waals surface area (Å²) in [7, 11) is 8.18. The zero-order valence-corrected chi connectivity index (χ0v) is 22.1. The second kappa shape index (κ2) is 9.51. The minimum absolute atomic E-state index is 1.02. The van der Waals surface area contributed by atoms with Gasteiger partial charge in [0.05, 0.1) is 0 Å². The van der Waals surface area contributed by atoms with E-state index in [1.165, 1.54) is 43.7 Å². The van der Waals surface area contributed by atoms with Crippen LogP contribution < -0.4 is 9.80 Å². The first kappa shape index (κ1) is 23.5. The van der Waals surface area contributed by atoms with Crippen LogP contribution in [0.3, 0.4) is 0 Å². The number of anilines is 2. The summed E-state index contributed by atoms with van der Waals surface area (Å²) in [4.78, 5) is 4.19. The van der Waals surface area contributed by atoms with Gasteiger partial charge < -0.3 is 9.80 Å². The molecular weight excluding hydrogens is 460 g/mol. The molecule has 0 N–H and O–H groups in total. The van der Waals surface area contributed by atoms with Crippen molar-refractivity contribution in [2.75, 3.05) is 38.0 Å². The quantitative estimate of drug-likeness (QED) is 0.184. The first-order valence-corrected chi connectivity index (χ1v) is 12.8. The molecule has 0 heterocycles. The lowest BCUT2D eigenvalue weighted by Gasteiger charge is -2.12. The van der Waals surface area contributed by atoms with Gasteiger partial charge in [0.25, 0.3) is 0 Å². The molecule has 2 nitrogen and oxygen atoms in total. The second-order valence-corrected chi connectivity index (χ2v) is 10.1. The van der Waals surface area contributed by atoms with E-state index in [1.807, 2.05) is 28.2 Å². The smallest absolute Gasteiger partial charge is 0.0361 e. The molecule has 6 aromatic carbocycles. The summed E-state index contributed by atoms with van der Waals surface area (Å²) in [6, 6.07) is 34.3. The summed E-state index contributed by atoms with van der Waals surface area (Å²) in [5.41, 5.74) is 6.43. The van der Waals surface area contributed by atoms with Crippen LogP contribution in [0.25, 0.3) is 32.3 Å². The molecule has 6 rings (SSSR count). The number of nitrogens with zero attached hydrogens (tertiary/aromatic N) is 2. The van der Waals surface area contributed by atoms with Crippen molar-refractivity contribution in [3.63, 3.8) is 0 Å². The van der Waals surface area contributed by atoms with Crippen molar-refractivity contribution in [1.82, 2.24) is 0 Å². The Bertz CT molecular complexity index is 1690. The SMILES string of the molecule is CN(C)c1ccc(C#Cc2cc3ccc4cc(C#Cc5ccc(N(C)C)cc5)cc5ccc(c2)c3c45)cc1. The summed E-state index contributed by atoms with van der Waals surface area (Å²) in [6.07, 6.45) is 0. The van der Waals surface area contributed by atoms with Crippen molar-refractivity contribution in [2.24, 2.45) is 0 Å². The molecule has 182 valence electrons. The molecule has 0 aliphatic heterocycles. The Morgan fingerprint density at radius 1 is 0.368 bits per heavy atom. The van der Waals surface area contributed by atoms with E-state index in [0.717, 1.165) is 22.3 Å². The van der Waals surface area contributed by atoms with Crippen molar-refractivity contribution in [3.8, 4) is 23.7 Å². The van der Waals surface area contributed by atoms with Crippen LogP contribution in [0.4, 0.5) is 11.4 Å². The van der Waals surface area contributed by atoms with E-state index in [0.29, 0.717) is 0 Å². The highest BCUT2D eigenvalue weighted by molar-refractivity contribution is 6.23. The molecule has 0 atom stereocenters. The Morgan fingerprint density at radius 3 is 0.947 bits per heavy atom. The van der Waals surface area contributed by atoms with E-state index < -0.39 is 0 Å². The van der Waals surface area contributed by atoms with Crippen molar-refractivity contribution in [3.05, 3.63) is 119 Å². The van der Waals surface area contributed by atoms with Crippen LogP contribution in [-0.4, -0.2) is 28.2 Å². The third-order valence-corrected chi connectivity index (χ3v) is 7.00. The Balaban J connectivity index is 1.35. The molecule has 0 fully saturated rings. The average Bonchev–Trinajstić information content (AvgIpc) is 2.94. The molecule has 0 aliphatic rings. The molecule has 0 spiro atoms. The molecular formula is C36H28N2. The molecule has 0 saturated carbocycles. The summed E-state index contributed by atoms with van der Waals surface area (Å²) in [6.45, 7) is 0. The Hall–Kier alpha value is -4.92. The van der Waals surface area contributed by atoms with Crippen LogP contribution >= 0.6 is 0 Å². The number of hydrogen-bond acceptors (Lipinski definition) is 2. The molecule has 0 amide bonds. The van der Waals surface area contributed by atoms with Gasteiger partial charge >= 0.3 is 0 Å². The molecule has 0 bridgehead atoms. The first-order valence-electron chi connectivity index (χ1n) is 12.8. The van der Waals surface area contributed by atoms with E-state index in [-0.39, 0.29) is 0 Å². The van der Waals surface area contributed by atoms with Gasteiger partial charge in [-0.3, -0.25) is 0 Å². The molecule has 0 aromatic heterocycles. The maximum absolute atomic E-state index is 3.38. The highest BCUT2D eigenvalue weighted by Crippen LogP contribution is 2.35. The van der Waals surface area contributed by atoms with Crippen LogP contribution in [0.1, 0.15) is 22.3 Å².